The molecule has 0 saturated carbocycles. The number of amides is 2. The van der Waals surface area contributed by atoms with E-state index in [1.54, 1.807) is 6.92 Å². The van der Waals surface area contributed by atoms with E-state index >= 15 is 0 Å². The first-order valence-corrected chi connectivity index (χ1v) is 5.12. The van der Waals surface area contributed by atoms with Gasteiger partial charge in [-0.25, -0.2) is 14.0 Å². The number of hydrogen-bond acceptors (Lipinski definition) is 3. The molecule has 0 saturated heterocycles. The van der Waals surface area contributed by atoms with Gasteiger partial charge < -0.3 is 20.8 Å². The summed E-state index contributed by atoms with van der Waals surface area (Å²) in [4.78, 5) is 21.6. The van der Waals surface area contributed by atoms with E-state index in [1.165, 1.54) is 18.2 Å². The molecule has 7 heteroatoms. The van der Waals surface area contributed by atoms with Gasteiger partial charge in [0.1, 0.15) is 5.82 Å². The van der Waals surface area contributed by atoms with Crippen molar-refractivity contribution in [2.24, 2.45) is 0 Å². The second-order valence-electron chi connectivity index (χ2n) is 3.65. The lowest BCUT2D eigenvalue weighted by Gasteiger charge is -2.10. The Kier molecular flexibility index (Phi) is 4.61. The van der Waals surface area contributed by atoms with Gasteiger partial charge >= 0.3 is 12.0 Å². The minimum absolute atomic E-state index is 0.371. The van der Waals surface area contributed by atoms with E-state index in [-0.39, 0.29) is 5.82 Å². The Labute approximate surface area is 102 Å². The first-order chi connectivity index (χ1) is 8.40. The maximum Gasteiger partial charge on any atom is 0.334 e. The zero-order valence-electron chi connectivity index (χ0n) is 9.61. The van der Waals surface area contributed by atoms with Gasteiger partial charge in [-0.05, 0) is 30.7 Å². The van der Waals surface area contributed by atoms with Crippen molar-refractivity contribution in [3.8, 4) is 0 Å². The number of carboxylic acids is 1. The molecule has 18 heavy (non-hydrogen) atoms. The van der Waals surface area contributed by atoms with Gasteiger partial charge in [-0.15, -0.1) is 0 Å². The number of anilines is 1. The molecule has 0 fully saturated rings. The number of nitrogens with one attached hydrogen (secondary N) is 2. The Morgan fingerprint density at radius 2 is 2.11 bits per heavy atom. The highest BCUT2D eigenvalue weighted by Gasteiger charge is 2.14. The molecule has 4 N–H and O–H groups in total. The third kappa shape index (κ3) is 4.02. The van der Waals surface area contributed by atoms with E-state index in [0.717, 1.165) is 0 Å². The predicted molar refractivity (Wildman–Crippen MR) is 61.8 cm³/mol. The van der Waals surface area contributed by atoms with Crippen molar-refractivity contribution in [2.75, 3.05) is 11.9 Å². The van der Waals surface area contributed by atoms with Crippen LogP contribution in [-0.4, -0.2) is 34.9 Å². The topological polar surface area (TPSA) is 98.7 Å². The Balaban J connectivity index is 2.49. The fraction of sp³-hybridized carbons (Fsp3) is 0.273. The fourth-order valence-corrected chi connectivity index (χ4v) is 1.17. The first kappa shape index (κ1) is 13.9. The summed E-state index contributed by atoms with van der Waals surface area (Å²) < 4.78 is 13.0. The number of carboxylic acid groups (broad SMARTS) is 1. The number of aryl methyl sites for hydroxylation is 1. The van der Waals surface area contributed by atoms with Crippen LogP contribution in [0.3, 0.4) is 0 Å². The zero-order valence-corrected chi connectivity index (χ0v) is 9.61. The minimum atomic E-state index is -1.66. The summed E-state index contributed by atoms with van der Waals surface area (Å²) in [6.07, 6.45) is -1.66. The van der Waals surface area contributed by atoms with Crippen molar-refractivity contribution < 1.29 is 24.2 Å². The van der Waals surface area contributed by atoms with Crippen molar-refractivity contribution in [3.05, 3.63) is 29.6 Å². The number of halogens is 1. The highest BCUT2D eigenvalue weighted by atomic mass is 19.1. The molecule has 1 aromatic carbocycles. The highest BCUT2D eigenvalue weighted by Crippen LogP contribution is 2.13. The van der Waals surface area contributed by atoms with Crippen LogP contribution in [0.15, 0.2) is 18.2 Å². The number of carbonyl (C=O) groups excluding carboxylic acids is 1. The van der Waals surface area contributed by atoms with Crippen LogP contribution in [0.2, 0.25) is 0 Å². The summed E-state index contributed by atoms with van der Waals surface area (Å²) >= 11 is 0. The number of aliphatic carboxylic acids is 1. The molecule has 0 spiro atoms. The second-order valence-corrected chi connectivity index (χ2v) is 3.65. The summed E-state index contributed by atoms with van der Waals surface area (Å²) in [5, 5.41) is 21.9. The number of rotatable bonds is 4. The molecule has 0 aromatic heterocycles. The zero-order chi connectivity index (χ0) is 13.7. The standard InChI is InChI=1S/C11H13FN2O4/c1-6-4-7(2-3-8(6)12)14-11(18)13-5-9(15)10(16)17/h2-4,9,15H,5H2,1H3,(H,16,17)(H2,13,14,18). The highest BCUT2D eigenvalue weighted by molar-refractivity contribution is 5.89. The second kappa shape index (κ2) is 5.97. The van der Waals surface area contributed by atoms with E-state index in [9.17, 15) is 14.0 Å². The van der Waals surface area contributed by atoms with E-state index in [1.807, 2.05) is 0 Å². The smallest absolute Gasteiger partial charge is 0.334 e. The van der Waals surface area contributed by atoms with E-state index in [4.69, 9.17) is 10.2 Å². The lowest BCUT2D eigenvalue weighted by molar-refractivity contribution is -0.146. The molecular weight excluding hydrogens is 243 g/mol. The summed E-state index contributed by atoms with van der Waals surface area (Å²) in [6, 6.07) is 3.33. The van der Waals surface area contributed by atoms with Gasteiger partial charge in [0.25, 0.3) is 0 Å². The number of hydrogen-bond donors (Lipinski definition) is 4. The average molecular weight is 256 g/mol. The normalized spacial score (nSPS) is 11.7. The molecule has 0 radical (unpaired) electrons. The van der Waals surface area contributed by atoms with Crippen LogP contribution in [0.4, 0.5) is 14.9 Å². The van der Waals surface area contributed by atoms with Gasteiger partial charge in [0.05, 0.1) is 6.54 Å². The monoisotopic (exact) mass is 256 g/mol. The molecule has 0 aliphatic heterocycles. The molecule has 1 aromatic rings. The summed E-state index contributed by atoms with van der Waals surface area (Å²) in [5.74, 6) is -1.81. The number of aliphatic hydroxyl groups excluding tert-OH is 1. The van der Waals surface area contributed by atoms with Gasteiger partial charge in [0.2, 0.25) is 0 Å². The number of benzene rings is 1. The van der Waals surface area contributed by atoms with Crippen LogP contribution in [0, 0.1) is 12.7 Å². The summed E-state index contributed by atoms with van der Waals surface area (Å²) in [6.45, 7) is 1.13. The Morgan fingerprint density at radius 1 is 1.44 bits per heavy atom. The van der Waals surface area contributed by atoms with E-state index in [0.29, 0.717) is 11.3 Å². The molecule has 1 rings (SSSR count). The van der Waals surface area contributed by atoms with Crippen molar-refractivity contribution in [3.63, 3.8) is 0 Å². The van der Waals surface area contributed by atoms with Crippen molar-refractivity contribution in [1.82, 2.24) is 5.32 Å². The van der Waals surface area contributed by atoms with E-state index in [2.05, 4.69) is 10.6 Å². The van der Waals surface area contributed by atoms with Gasteiger partial charge in [-0.3, -0.25) is 0 Å². The Morgan fingerprint density at radius 3 is 2.67 bits per heavy atom. The molecule has 0 bridgehead atoms. The maximum atomic E-state index is 13.0. The van der Waals surface area contributed by atoms with Gasteiger partial charge in [-0.1, -0.05) is 0 Å². The number of carbonyl (C=O) groups is 2. The molecular formula is C11H13FN2O4. The van der Waals surface area contributed by atoms with Gasteiger partial charge in [0, 0.05) is 5.69 Å². The molecule has 0 heterocycles. The van der Waals surface area contributed by atoms with E-state index < -0.39 is 24.6 Å². The third-order valence-corrected chi connectivity index (χ3v) is 2.16. The average Bonchev–Trinajstić information content (AvgIpc) is 2.30. The lowest BCUT2D eigenvalue weighted by Crippen LogP contribution is -2.38. The first-order valence-electron chi connectivity index (χ1n) is 5.12. The maximum absolute atomic E-state index is 13.0. The Bertz CT molecular complexity index is 464. The van der Waals surface area contributed by atoms with Crippen LogP contribution in [-0.2, 0) is 4.79 Å². The van der Waals surface area contributed by atoms with Crippen LogP contribution in [0.1, 0.15) is 5.56 Å². The van der Waals surface area contributed by atoms with Crippen molar-refractivity contribution in [1.29, 1.82) is 0 Å². The van der Waals surface area contributed by atoms with Crippen molar-refractivity contribution >= 4 is 17.7 Å². The minimum Gasteiger partial charge on any atom is -0.479 e. The van der Waals surface area contributed by atoms with Crippen LogP contribution in [0.25, 0.3) is 0 Å². The summed E-state index contributed by atoms with van der Waals surface area (Å²) in [7, 11) is 0. The largest absolute Gasteiger partial charge is 0.479 e. The van der Waals surface area contributed by atoms with Crippen LogP contribution in [0.5, 0.6) is 0 Å². The van der Waals surface area contributed by atoms with Crippen LogP contribution < -0.4 is 10.6 Å². The van der Waals surface area contributed by atoms with Gasteiger partial charge in [-0.2, -0.15) is 0 Å². The lowest BCUT2D eigenvalue weighted by atomic mass is 10.2. The fourth-order valence-electron chi connectivity index (χ4n) is 1.17. The predicted octanol–water partition coefficient (Wildman–Crippen LogP) is 0.701. The molecule has 2 amide bonds. The Hall–Kier alpha value is -2.15. The quantitative estimate of drug-likeness (QED) is 0.637. The number of aliphatic hydroxyl groups is 1. The molecule has 1 unspecified atom stereocenters. The molecule has 1 atom stereocenters. The molecule has 98 valence electrons. The van der Waals surface area contributed by atoms with Gasteiger partial charge in [0.15, 0.2) is 6.10 Å². The third-order valence-electron chi connectivity index (χ3n) is 2.16. The SMILES string of the molecule is Cc1cc(NC(=O)NCC(O)C(=O)O)ccc1F. The number of urea groups is 1. The summed E-state index contributed by atoms with van der Waals surface area (Å²) in [5.41, 5.74) is 0.745. The molecule has 0 aliphatic rings. The molecule has 0 aliphatic carbocycles. The molecule has 6 nitrogen and oxygen atoms in total. The van der Waals surface area contributed by atoms with Crippen molar-refractivity contribution in [2.45, 2.75) is 13.0 Å². The van der Waals surface area contributed by atoms with Crippen LogP contribution >= 0.6 is 0 Å².